The number of ether oxygens (including phenoxy) is 1. The molecule has 0 spiro atoms. The highest BCUT2D eigenvalue weighted by Crippen LogP contribution is 2.38. The van der Waals surface area contributed by atoms with Gasteiger partial charge >= 0.3 is 6.01 Å². The Morgan fingerprint density at radius 3 is 2.21 bits per heavy atom. The highest BCUT2D eigenvalue weighted by molar-refractivity contribution is 6.35. The third-order valence-corrected chi connectivity index (χ3v) is 5.82. The minimum Gasteiger partial charge on any atom is -0.425 e. The first-order valence-electron chi connectivity index (χ1n) is 9.96. The minimum absolute atomic E-state index is 0.497. The maximum atomic E-state index is 6.51. The Morgan fingerprint density at radius 1 is 1.04 bits per heavy atom. The number of rotatable bonds is 7. The van der Waals surface area contributed by atoms with Crippen molar-refractivity contribution in [2.75, 3.05) is 0 Å². The summed E-state index contributed by atoms with van der Waals surface area (Å²) in [6.07, 6.45) is 4.61. The molecular weight excluding hydrogens is 391 g/mol. The summed E-state index contributed by atoms with van der Waals surface area (Å²) in [5, 5.41) is 1.36. The molecular formula is C23H28Cl2N2O. The fourth-order valence-electron chi connectivity index (χ4n) is 4.02. The molecule has 3 aromatic rings. The van der Waals surface area contributed by atoms with E-state index in [1.165, 1.54) is 5.56 Å². The summed E-state index contributed by atoms with van der Waals surface area (Å²) in [5.41, 5.74) is 5.14. The van der Waals surface area contributed by atoms with Crippen LogP contribution in [0.5, 0.6) is 11.8 Å². The number of aryl methyl sites for hydroxylation is 3. The van der Waals surface area contributed by atoms with Crippen LogP contribution < -0.4 is 4.74 Å². The van der Waals surface area contributed by atoms with Crippen LogP contribution in [0.1, 0.15) is 62.1 Å². The average Bonchev–Trinajstić information content (AvgIpc) is 2.96. The molecule has 0 saturated carbocycles. The second kappa shape index (κ2) is 8.75. The first kappa shape index (κ1) is 21.0. The summed E-state index contributed by atoms with van der Waals surface area (Å²) in [5.74, 6) is 1.29. The Bertz CT molecular complexity index is 965. The molecule has 1 aromatic heterocycles. The summed E-state index contributed by atoms with van der Waals surface area (Å²) in [6, 6.07) is 8.48. The van der Waals surface area contributed by atoms with Gasteiger partial charge in [-0.25, -0.2) is 0 Å². The van der Waals surface area contributed by atoms with E-state index in [1.54, 1.807) is 0 Å². The number of nitrogens with zero attached hydrogens (tertiary/aromatic N) is 2. The number of aromatic nitrogens is 2. The summed E-state index contributed by atoms with van der Waals surface area (Å²) >= 11 is 12.7. The predicted octanol–water partition coefficient (Wildman–Crippen LogP) is 7.97. The van der Waals surface area contributed by atoms with Gasteiger partial charge in [0.2, 0.25) is 0 Å². The monoisotopic (exact) mass is 418 g/mol. The van der Waals surface area contributed by atoms with Crippen LogP contribution >= 0.6 is 23.2 Å². The maximum absolute atomic E-state index is 6.51. The van der Waals surface area contributed by atoms with Crippen molar-refractivity contribution in [1.29, 1.82) is 0 Å². The lowest BCUT2D eigenvalue weighted by molar-refractivity contribution is 0.421. The van der Waals surface area contributed by atoms with Crippen molar-refractivity contribution in [2.45, 2.75) is 59.3 Å². The summed E-state index contributed by atoms with van der Waals surface area (Å²) in [4.78, 5) is 4.75. The third-order valence-electron chi connectivity index (χ3n) is 5.30. The van der Waals surface area contributed by atoms with Gasteiger partial charge in [0.15, 0.2) is 0 Å². The zero-order chi connectivity index (χ0) is 20.4. The van der Waals surface area contributed by atoms with E-state index >= 15 is 0 Å². The van der Waals surface area contributed by atoms with Gasteiger partial charge in [0.25, 0.3) is 0 Å². The molecule has 0 aliphatic heterocycles. The van der Waals surface area contributed by atoms with Gasteiger partial charge in [-0.15, -0.1) is 0 Å². The molecule has 3 rings (SSSR count). The fourth-order valence-corrected chi connectivity index (χ4v) is 4.54. The van der Waals surface area contributed by atoms with Gasteiger partial charge in [0.05, 0.1) is 10.5 Å². The van der Waals surface area contributed by atoms with Crippen LogP contribution in [0, 0.1) is 13.8 Å². The highest BCUT2D eigenvalue weighted by Gasteiger charge is 2.21. The summed E-state index contributed by atoms with van der Waals surface area (Å²) in [6.45, 7) is 8.46. The minimum atomic E-state index is 0.497. The van der Waals surface area contributed by atoms with E-state index in [-0.39, 0.29) is 0 Å². The molecule has 0 bridgehead atoms. The van der Waals surface area contributed by atoms with E-state index in [9.17, 15) is 0 Å². The smallest absolute Gasteiger partial charge is 0.302 e. The van der Waals surface area contributed by atoms with Crippen molar-refractivity contribution >= 4 is 34.2 Å². The number of hydrogen-bond acceptors (Lipinski definition) is 2. The topological polar surface area (TPSA) is 27.1 Å². The molecule has 5 heteroatoms. The van der Waals surface area contributed by atoms with Crippen molar-refractivity contribution in [2.24, 2.45) is 7.05 Å². The maximum Gasteiger partial charge on any atom is 0.302 e. The van der Waals surface area contributed by atoms with Crippen LogP contribution in [0.2, 0.25) is 10.0 Å². The molecule has 2 aromatic carbocycles. The number of halogens is 2. The number of benzene rings is 2. The second-order valence-electron chi connectivity index (χ2n) is 7.53. The van der Waals surface area contributed by atoms with Crippen molar-refractivity contribution in [1.82, 2.24) is 9.55 Å². The van der Waals surface area contributed by atoms with E-state index in [0.29, 0.717) is 22.0 Å². The third kappa shape index (κ3) is 4.01. The van der Waals surface area contributed by atoms with Gasteiger partial charge in [0.1, 0.15) is 11.3 Å². The summed E-state index contributed by atoms with van der Waals surface area (Å²) < 4.78 is 8.29. The van der Waals surface area contributed by atoms with E-state index in [1.807, 2.05) is 43.7 Å². The van der Waals surface area contributed by atoms with Crippen molar-refractivity contribution < 1.29 is 4.74 Å². The van der Waals surface area contributed by atoms with Gasteiger partial charge in [-0.2, -0.15) is 4.98 Å². The normalized spacial score (nSPS) is 11.6. The van der Waals surface area contributed by atoms with Crippen LogP contribution in [0.15, 0.2) is 24.3 Å². The van der Waals surface area contributed by atoms with Crippen LogP contribution in [0.25, 0.3) is 11.0 Å². The quantitative estimate of drug-likeness (QED) is 0.388. The Labute approximate surface area is 177 Å². The number of hydrogen-bond donors (Lipinski definition) is 0. The molecule has 0 fully saturated rings. The molecule has 0 saturated heterocycles. The molecule has 0 radical (unpaired) electrons. The van der Waals surface area contributed by atoms with Gasteiger partial charge in [-0.05, 0) is 67.5 Å². The van der Waals surface area contributed by atoms with E-state index < -0.39 is 0 Å². The van der Waals surface area contributed by atoms with Gasteiger partial charge in [-0.3, -0.25) is 4.57 Å². The van der Waals surface area contributed by atoms with Gasteiger partial charge < -0.3 is 4.74 Å². The van der Waals surface area contributed by atoms with E-state index in [2.05, 4.69) is 19.9 Å². The van der Waals surface area contributed by atoms with Crippen LogP contribution in [0.4, 0.5) is 0 Å². The van der Waals surface area contributed by atoms with Crippen molar-refractivity contribution in [3.05, 3.63) is 51.0 Å². The second-order valence-corrected chi connectivity index (χ2v) is 8.38. The molecule has 0 aliphatic rings. The summed E-state index contributed by atoms with van der Waals surface area (Å²) in [7, 11) is 2.00. The lowest BCUT2D eigenvalue weighted by Crippen LogP contribution is -2.03. The first-order chi connectivity index (χ1) is 13.4. The van der Waals surface area contributed by atoms with Gasteiger partial charge in [-0.1, -0.05) is 56.0 Å². The van der Waals surface area contributed by atoms with Crippen LogP contribution in [0.3, 0.4) is 0 Å². The standard InChI is InChI=1S/C23H28Cl2N2O/c1-6-8-16(9-7-2)18-10-11-19(25)20-21(18)27(5)23(26-20)28-22-14(3)12-17(24)13-15(22)4/h10-13,16H,6-9H2,1-5H3. The molecule has 3 nitrogen and oxygen atoms in total. The Balaban J connectivity index is 2.13. The first-order valence-corrected chi connectivity index (χ1v) is 10.7. The highest BCUT2D eigenvalue weighted by atomic mass is 35.5. The largest absolute Gasteiger partial charge is 0.425 e. The Kier molecular flexibility index (Phi) is 6.57. The molecule has 0 unspecified atom stereocenters. The molecule has 1 heterocycles. The molecule has 0 atom stereocenters. The Morgan fingerprint density at radius 2 is 1.64 bits per heavy atom. The zero-order valence-electron chi connectivity index (χ0n) is 17.3. The van der Waals surface area contributed by atoms with Crippen LogP contribution in [-0.2, 0) is 7.05 Å². The fraction of sp³-hybridized carbons (Fsp3) is 0.435. The number of fused-ring (bicyclic) bond motifs is 1. The SMILES string of the molecule is CCCC(CCC)c1ccc(Cl)c2nc(Oc3c(C)cc(Cl)cc3C)n(C)c12. The van der Waals surface area contributed by atoms with E-state index in [4.69, 9.17) is 32.9 Å². The molecule has 0 amide bonds. The molecule has 150 valence electrons. The predicted molar refractivity (Wildman–Crippen MR) is 119 cm³/mol. The molecule has 0 N–H and O–H groups in total. The van der Waals surface area contributed by atoms with Crippen molar-refractivity contribution in [3.8, 4) is 11.8 Å². The zero-order valence-corrected chi connectivity index (χ0v) is 18.8. The van der Waals surface area contributed by atoms with Gasteiger partial charge in [0, 0.05) is 12.1 Å². The van der Waals surface area contributed by atoms with Crippen LogP contribution in [-0.4, -0.2) is 9.55 Å². The molecule has 0 aliphatic carbocycles. The van der Waals surface area contributed by atoms with E-state index in [0.717, 1.165) is 53.6 Å². The lowest BCUT2D eigenvalue weighted by Gasteiger charge is -2.18. The lowest BCUT2D eigenvalue weighted by atomic mass is 9.89. The van der Waals surface area contributed by atoms with Crippen molar-refractivity contribution in [3.63, 3.8) is 0 Å². The Hall–Kier alpha value is -1.71. The number of imidazole rings is 1. The molecule has 28 heavy (non-hydrogen) atoms. The average molecular weight is 419 g/mol.